The number of hydrogen-bond acceptors (Lipinski definition) is 5. The van der Waals surface area contributed by atoms with Crippen LogP contribution < -0.4 is 20.7 Å². The van der Waals surface area contributed by atoms with Gasteiger partial charge in [-0.15, -0.1) is 0 Å². The lowest BCUT2D eigenvalue weighted by atomic mass is 9.97. The zero-order valence-corrected chi connectivity index (χ0v) is 17.4. The Morgan fingerprint density at radius 3 is 2.83 bits per heavy atom. The number of anilines is 2. The third-order valence-corrected chi connectivity index (χ3v) is 5.52. The molecule has 0 spiro atoms. The van der Waals surface area contributed by atoms with E-state index >= 15 is 0 Å². The molecular formula is C22H31N5O2. The zero-order valence-electron chi connectivity index (χ0n) is 17.4. The van der Waals surface area contributed by atoms with Crippen molar-refractivity contribution in [3.63, 3.8) is 0 Å². The SMILES string of the molecule is CCN(CCCNC(=O)[C@@H]1CCCN(c2cnn(C)c(=O)c2)C1)c1ccccc1. The molecule has 0 bridgehead atoms. The number of aromatic nitrogens is 2. The quantitative estimate of drug-likeness (QED) is 0.690. The first kappa shape index (κ1) is 20.9. The van der Waals surface area contributed by atoms with Gasteiger partial charge < -0.3 is 15.1 Å². The third kappa shape index (κ3) is 5.59. The van der Waals surface area contributed by atoms with Crippen molar-refractivity contribution < 1.29 is 4.79 Å². The van der Waals surface area contributed by atoms with E-state index < -0.39 is 0 Å². The molecule has 7 nitrogen and oxygen atoms in total. The lowest BCUT2D eigenvalue weighted by Crippen LogP contribution is -2.44. The van der Waals surface area contributed by atoms with E-state index in [1.807, 2.05) is 18.2 Å². The fraction of sp³-hybridized carbons (Fsp3) is 0.500. The minimum atomic E-state index is -0.132. The molecule has 7 heteroatoms. The summed E-state index contributed by atoms with van der Waals surface area (Å²) in [6.07, 6.45) is 4.42. The molecule has 1 fully saturated rings. The lowest BCUT2D eigenvalue weighted by Gasteiger charge is -2.33. The highest BCUT2D eigenvalue weighted by molar-refractivity contribution is 5.79. The molecule has 1 aliphatic rings. The van der Waals surface area contributed by atoms with E-state index in [0.29, 0.717) is 13.1 Å². The molecule has 156 valence electrons. The normalized spacial score (nSPS) is 16.5. The molecule has 29 heavy (non-hydrogen) atoms. The molecule has 2 aromatic rings. The maximum atomic E-state index is 12.6. The molecule has 0 saturated carbocycles. The summed E-state index contributed by atoms with van der Waals surface area (Å²) < 4.78 is 1.31. The van der Waals surface area contributed by atoms with E-state index in [-0.39, 0.29) is 17.4 Å². The second-order valence-electron chi connectivity index (χ2n) is 7.52. The number of nitrogens with one attached hydrogen (secondary N) is 1. The van der Waals surface area contributed by atoms with Gasteiger partial charge in [0.2, 0.25) is 5.91 Å². The van der Waals surface area contributed by atoms with Crippen LogP contribution in [0.1, 0.15) is 26.2 Å². The monoisotopic (exact) mass is 397 g/mol. The Kier molecular flexibility index (Phi) is 7.27. The first-order chi connectivity index (χ1) is 14.1. The summed E-state index contributed by atoms with van der Waals surface area (Å²) in [6.45, 7) is 6.16. The summed E-state index contributed by atoms with van der Waals surface area (Å²) in [6, 6.07) is 11.9. The number of carbonyl (C=O) groups excluding carboxylic acids is 1. The van der Waals surface area contributed by atoms with Crippen molar-refractivity contribution >= 4 is 17.3 Å². The standard InChI is InChI=1S/C22H31N5O2/c1-3-26(19-10-5-4-6-11-19)14-8-12-23-22(29)18-9-7-13-27(17-18)20-15-21(28)25(2)24-16-20/h4-6,10-11,15-16,18H,3,7-9,12-14,17H2,1-2H3,(H,23,29)/t18-/m1/s1. The molecule has 2 heterocycles. The van der Waals surface area contributed by atoms with Gasteiger partial charge in [-0.3, -0.25) is 9.59 Å². The molecule has 0 aliphatic carbocycles. The van der Waals surface area contributed by atoms with Crippen molar-refractivity contribution in [2.75, 3.05) is 42.5 Å². The molecule has 1 aromatic carbocycles. The Labute approximate surface area is 172 Å². The fourth-order valence-electron chi connectivity index (χ4n) is 3.79. The van der Waals surface area contributed by atoms with E-state index in [9.17, 15) is 9.59 Å². The second-order valence-corrected chi connectivity index (χ2v) is 7.52. The van der Waals surface area contributed by atoms with Crippen LogP contribution in [0.3, 0.4) is 0 Å². The number of amides is 1. The van der Waals surface area contributed by atoms with Crippen molar-refractivity contribution in [1.29, 1.82) is 0 Å². The molecule has 1 saturated heterocycles. The first-order valence-electron chi connectivity index (χ1n) is 10.4. The number of nitrogens with zero attached hydrogens (tertiary/aromatic N) is 4. The summed E-state index contributed by atoms with van der Waals surface area (Å²) in [5, 5.41) is 7.19. The van der Waals surface area contributed by atoms with Gasteiger partial charge in [-0.05, 0) is 38.3 Å². The Hall–Kier alpha value is -2.83. The van der Waals surface area contributed by atoms with Gasteiger partial charge in [0, 0.05) is 51.5 Å². The van der Waals surface area contributed by atoms with Crippen LogP contribution in [0, 0.1) is 5.92 Å². The second kappa shape index (κ2) is 10.1. The largest absolute Gasteiger partial charge is 0.372 e. The van der Waals surface area contributed by atoms with Gasteiger partial charge in [0.1, 0.15) is 0 Å². The van der Waals surface area contributed by atoms with Crippen LogP contribution in [0.4, 0.5) is 11.4 Å². The summed E-state index contributed by atoms with van der Waals surface area (Å²) in [7, 11) is 1.63. The average Bonchev–Trinajstić information content (AvgIpc) is 2.76. The van der Waals surface area contributed by atoms with Crippen molar-refractivity contribution in [3.05, 3.63) is 52.9 Å². The predicted molar refractivity (Wildman–Crippen MR) is 116 cm³/mol. The molecule has 3 rings (SSSR count). The molecule has 1 aliphatic heterocycles. The van der Waals surface area contributed by atoms with E-state index in [4.69, 9.17) is 0 Å². The molecule has 0 unspecified atom stereocenters. The predicted octanol–water partition coefficient (Wildman–Crippen LogP) is 2.03. The van der Waals surface area contributed by atoms with E-state index in [2.05, 4.69) is 39.3 Å². The number of benzene rings is 1. The van der Waals surface area contributed by atoms with Crippen molar-refractivity contribution in [2.45, 2.75) is 26.2 Å². The Morgan fingerprint density at radius 1 is 1.31 bits per heavy atom. The van der Waals surface area contributed by atoms with Gasteiger partial charge in [-0.1, -0.05) is 18.2 Å². The Bertz CT molecular complexity index is 852. The zero-order chi connectivity index (χ0) is 20.6. The number of rotatable bonds is 8. The van der Waals surface area contributed by atoms with Crippen molar-refractivity contribution in [1.82, 2.24) is 15.1 Å². The van der Waals surface area contributed by atoms with Crippen molar-refractivity contribution in [3.8, 4) is 0 Å². The number of piperidine rings is 1. The number of para-hydroxylation sites is 1. The van der Waals surface area contributed by atoms with E-state index in [1.54, 1.807) is 19.3 Å². The van der Waals surface area contributed by atoms with Crippen molar-refractivity contribution in [2.24, 2.45) is 13.0 Å². The van der Waals surface area contributed by atoms with Gasteiger partial charge in [-0.2, -0.15) is 5.10 Å². The molecule has 1 amide bonds. The summed E-state index contributed by atoms with van der Waals surface area (Å²) in [5.41, 5.74) is 1.88. The maximum absolute atomic E-state index is 12.6. The average molecular weight is 398 g/mol. The summed E-state index contributed by atoms with van der Waals surface area (Å²) in [4.78, 5) is 28.9. The Morgan fingerprint density at radius 2 is 2.10 bits per heavy atom. The minimum absolute atomic E-state index is 0.0517. The summed E-state index contributed by atoms with van der Waals surface area (Å²) >= 11 is 0. The van der Waals surface area contributed by atoms with Crippen LogP contribution in [-0.2, 0) is 11.8 Å². The fourth-order valence-corrected chi connectivity index (χ4v) is 3.79. The Balaban J connectivity index is 1.46. The molecule has 1 aromatic heterocycles. The minimum Gasteiger partial charge on any atom is -0.372 e. The molecule has 0 radical (unpaired) electrons. The summed E-state index contributed by atoms with van der Waals surface area (Å²) in [5.74, 6) is 0.0541. The third-order valence-electron chi connectivity index (χ3n) is 5.52. The van der Waals surface area contributed by atoms with E-state index in [1.165, 1.54) is 10.4 Å². The number of hydrogen-bond donors (Lipinski definition) is 1. The van der Waals surface area contributed by atoms with Crippen LogP contribution in [0.2, 0.25) is 0 Å². The molecular weight excluding hydrogens is 366 g/mol. The molecule has 1 N–H and O–H groups in total. The smallest absolute Gasteiger partial charge is 0.268 e. The maximum Gasteiger partial charge on any atom is 0.268 e. The van der Waals surface area contributed by atoms with Gasteiger partial charge in [0.05, 0.1) is 17.8 Å². The topological polar surface area (TPSA) is 70.5 Å². The van der Waals surface area contributed by atoms with Gasteiger partial charge in [0.15, 0.2) is 0 Å². The van der Waals surface area contributed by atoms with Crippen LogP contribution in [0.15, 0.2) is 47.4 Å². The first-order valence-corrected chi connectivity index (χ1v) is 10.4. The van der Waals surface area contributed by atoms with Crippen LogP contribution in [0.25, 0.3) is 0 Å². The highest BCUT2D eigenvalue weighted by Gasteiger charge is 2.26. The highest BCUT2D eigenvalue weighted by atomic mass is 16.2. The number of aryl methyl sites for hydroxylation is 1. The van der Waals surface area contributed by atoms with Gasteiger partial charge in [0.25, 0.3) is 5.56 Å². The molecule has 1 atom stereocenters. The lowest BCUT2D eigenvalue weighted by molar-refractivity contribution is -0.125. The highest BCUT2D eigenvalue weighted by Crippen LogP contribution is 2.21. The van der Waals surface area contributed by atoms with Crippen LogP contribution in [0.5, 0.6) is 0 Å². The van der Waals surface area contributed by atoms with Gasteiger partial charge in [-0.25, -0.2) is 4.68 Å². The van der Waals surface area contributed by atoms with E-state index in [0.717, 1.165) is 44.6 Å². The van der Waals surface area contributed by atoms with Gasteiger partial charge >= 0.3 is 0 Å². The van der Waals surface area contributed by atoms with Crippen LogP contribution in [-0.4, -0.2) is 48.4 Å². The van der Waals surface area contributed by atoms with Crippen LogP contribution >= 0.6 is 0 Å². The number of carbonyl (C=O) groups is 1.